The van der Waals surface area contributed by atoms with E-state index < -0.39 is 6.29 Å². The van der Waals surface area contributed by atoms with Crippen LogP contribution >= 0.6 is 12.2 Å². The van der Waals surface area contributed by atoms with Gasteiger partial charge in [0.05, 0.1) is 12.6 Å². The zero-order chi connectivity index (χ0) is 15.3. The molecule has 0 amide bonds. The first-order chi connectivity index (χ1) is 10.6. The molecule has 0 N–H and O–H groups in total. The Morgan fingerprint density at radius 1 is 1.32 bits per heavy atom. The van der Waals surface area contributed by atoms with Gasteiger partial charge in [-0.1, -0.05) is 30.3 Å². The third kappa shape index (κ3) is 2.05. The molecule has 0 aliphatic carbocycles. The van der Waals surface area contributed by atoms with Crippen molar-refractivity contribution < 1.29 is 14.3 Å². The number of ketones is 1. The molecule has 2 bridgehead atoms. The molecule has 3 heterocycles. The number of carbonyl (C=O) groups is 1. The maximum atomic E-state index is 12.0. The average Bonchev–Trinajstić information content (AvgIpc) is 3.09. The lowest BCUT2D eigenvalue weighted by molar-refractivity contribution is -0.156. The number of ether oxygens (including phenoxy) is 2. The number of aromatic nitrogens is 3. The zero-order valence-electron chi connectivity index (χ0n) is 12.0. The van der Waals surface area contributed by atoms with Crippen LogP contribution in [-0.4, -0.2) is 39.1 Å². The van der Waals surface area contributed by atoms with Crippen LogP contribution in [0, 0.1) is 4.77 Å². The SMILES string of the molecule is Cn1c(-c2ccccc2)nn([C@H]2CC(=O)[C@@H]3OC[C@@H]2O3)c1=S. The second kappa shape index (κ2) is 5.12. The predicted molar refractivity (Wildman–Crippen MR) is 80.7 cm³/mol. The molecular weight excluding hydrogens is 302 g/mol. The first-order valence-electron chi connectivity index (χ1n) is 7.16. The lowest BCUT2D eigenvalue weighted by Crippen LogP contribution is -2.37. The molecule has 22 heavy (non-hydrogen) atoms. The van der Waals surface area contributed by atoms with E-state index in [1.54, 1.807) is 4.68 Å². The number of hydrogen-bond donors (Lipinski definition) is 0. The molecule has 0 saturated carbocycles. The van der Waals surface area contributed by atoms with Crippen LogP contribution in [0.5, 0.6) is 0 Å². The number of fused-ring (bicyclic) bond motifs is 2. The fraction of sp³-hybridized carbons (Fsp3) is 0.400. The van der Waals surface area contributed by atoms with Gasteiger partial charge in [0, 0.05) is 19.0 Å². The van der Waals surface area contributed by atoms with Gasteiger partial charge in [-0.3, -0.25) is 4.79 Å². The standard InChI is InChI=1S/C15H15N3O3S/c1-17-13(9-5-3-2-4-6-9)16-18(15(17)22)10-7-11(19)14-20-8-12(10)21-14/h2-6,10,12,14H,7-8H2,1H3/t10-,12-,14+/m0/s1. The normalized spacial score (nSPS) is 27.3. The summed E-state index contributed by atoms with van der Waals surface area (Å²) in [6, 6.07) is 9.64. The topological polar surface area (TPSA) is 58.3 Å². The van der Waals surface area contributed by atoms with Gasteiger partial charge in [0.15, 0.2) is 16.4 Å². The van der Waals surface area contributed by atoms with Crippen LogP contribution in [-0.2, 0) is 21.3 Å². The van der Waals surface area contributed by atoms with Gasteiger partial charge in [-0.25, -0.2) is 4.68 Å². The highest BCUT2D eigenvalue weighted by Gasteiger charge is 2.45. The fourth-order valence-corrected chi connectivity index (χ4v) is 3.24. The number of carbonyl (C=O) groups excluding carboxylic acids is 1. The molecular formula is C15H15N3O3S. The molecule has 2 aromatic rings. The third-order valence-corrected chi connectivity index (χ3v) is 4.62. The fourth-order valence-electron chi connectivity index (χ4n) is 2.98. The minimum atomic E-state index is -0.701. The van der Waals surface area contributed by atoms with Gasteiger partial charge >= 0.3 is 0 Å². The third-order valence-electron chi connectivity index (χ3n) is 4.16. The Kier molecular flexibility index (Phi) is 3.21. The van der Waals surface area contributed by atoms with E-state index in [9.17, 15) is 4.79 Å². The van der Waals surface area contributed by atoms with Crippen LogP contribution in [0.3, 0.4) is 0 Å². The molecule has 2 aliphatic heterocycles. The Balaban J connectivity index is 1.77. The monoisotopic (exact) mass is 317 g/mol. The Bertz CT molecular complexity index is 783. The summed E-state index contributed by atoms with van der Waals surface area (Å²) in [6.45, 7) is 0.403. The lowest BCUT2D eigenvalue weighted by Gasteiger charge is -2.26. The van der Waals surface area contributed by atoms with Gasteiger partial charge in [-0.15, -0.1) is 0 Å². The van der Waals surface area contributed by atoms with Gasteiger partial charge in [0.25, 0.3) is 0 Å². The van der Waals surface area contributed by atoms with E-state index in [-0.39, 0.29) is 17.9 Å². The molecule has 0 radical (unpaired) electrons. The second-order valence-electron chi connectivity index (χ2n) is 5.55. The number of benzene rings is 1. The van der Waals surface area contributed by atoms with Crippen molar-refractivity contribution in [1.82, 2.24) is 14.3 Å². The van der Waals surface area contributed by atoms with Crippen molar-refractivity contribution in [2.45, 2.75) is 24.9 Å². The van der Waals surface area contributed by atoms with Crippen LogP contribution in [0.4, 0.5) is 0 Å². The van der Waals surface area contributed by atoms with E-state index >= 15 is 0 Å². The van der Waals surface area contributed by atoms with Gasteiger partial charge < -0.3 is 14.0 Å². The first kappa shape index (κ1) is 13.8. The van der Waals surface area contributed by atoms with E-state index in [2.05, 4.69) is 5.10 Å². The molecule has 2 saturated heterocycles. The summed E-state index contributed by atoms with van der Waals surface area (Å²) in [5.74, 6) is 0.728. The van der Waals surface area contributed by atoms with E-state index in [0.717, 1.165) is 11.4 Å². The molecule has 1 aromatic carbocycles. The largest absolute Gasteiger partial charge is 0.343 e. The van der Waals surface area contributed by atoms with Gasteiger partial charge in [-0.2, -0.15) is 5.10 Å². The van der Waals surface area contributed by atoms with Crippen LogP contribution < -0.4 is 0 Å². The number of nitrogens with zero attached hydrogens (tertiary/aromatic N) is 3. The highest BCUT2D eigenvalue weighted by atomic mass is 32.1. The molecule has 3 atom stereocenters. The molecule has 0 spiro atoms. The molecule has 2 fully saturated rings. The number of rotatable bonds is 2. The Morgan fingerprint density at radius 3 is 2.86 bits per heavy atom. The second-order valence-corrected chi connectivity index (χ2v) is 5.92. The maximum absolute atomic E-state index is 12.0. The van der Waals surface area contributed by atoms with Crippen molar-refractivity contribution in [2.75, 3.05) is 6.61 Å². The minimum absolute atomic E-state index is 0.0486. The molecule has 0 unspecified atom stereocenters. The van der Waals surface area contributed by atoms with Crippen LogP contribution in [0.15, 0.2) is 30.3 Å². The predicted octanol–water partition coefficient (Wildman–Crippen LogP) is 1.87. The molecule has 1 aromatic heterocycles. The van der Waals surface area contributed by atoms with Crippen molar-refractivity contribution >= 4 is 18.0 Å². The Morgan fingerprint density at radius 2 is 2.09 bits per heavy atom. The number of Topliss-reactive ketones (excluding diaryl/α,β-unsaturated/α-hetero) is 1. The van der Waals surface area contributed by atoms with Crippen molar-refractivity contribution in [3.8, 4) is 11.4 Å². The van der Waals surface area contributed by atoms with Crippen LogP contribution in [0.25, 0.3) is 11.4 Å². The molecule has 4 rings (SSSR count). The summed E-state index contributed by atoms with van der Waals surface area (Å²) in [4.78, 5) is 12.0. The summed E-state index contributed by atoms with van der Waals surface area (Å²) in [5, 5.41) is 4.64. The van der Waals surface area contributed by atoms with E-state index in [0.29, 0.717) is 17.8 Å². The smallest absolute Gasteiger partial charge is 0.218 e. The zero-order valence-corrected chi connectivity index (χ0v) is 12.8. The van der Waals surface area contributed by atoms with Crippen molar-refractivity contribution in [3.63, 3.8) is 0 Å². The molecule has 6 nitrogen and oxygen atoms in total. The summed E-state index contributed by atoms with van der Waals surface area (Å²) in [7, 11) is 1.88. The Labute approximate surface area is 132 Å². The van der Waals surface area contributed by atoms with Crippen molar-refractivity contribution in [1.29, 1.82) is 0 Å². The highest BCUT2D eigenvalue weighted by Crippen LogP contribution is 2.33. The van der Waals surface area contributed by atoms with Crippen molar-refractivity contribution in [3.05, 3.63) is 35.1 Å². The van der Waals surface area contributed by atoms with Gasteiger partial charge in [0.2, 0.25) is 6.29 Å². The van der Waals surface area contributed by atoms with Crippen LogP contribution in [0.1, 0.15) is 12.5 Å². The van der Waals surface area contributed by atoms with Crippen molar-refractivity contribution in [2.24, 2.45) is 7.05 Å². The highest BCUT2D eigenvalue weighted by molar-refractivity contribution is 7.71. The number of hydrogen-bond acceptors (Lipinski definition) is 5. The van der Waals surface area contributed by atoms with Gasteiger partial charge in [0.1, 0.15) is 6.10 Å². The quantitative estimate of drug-likeness (QED) is 0.792. The summed E-state index contributed by atoms with van der Waals surface area (Å²) >= 11 is 5.50. The molecule has 2 aliphatic rings. The van der Waals surface area contributed by atoms with E-state index in [1.165, 1.54) is 0 Å². The first-order valence-corrected chi connectivity index (χ1v) is 7.56. The van der Waals surface area contributed by atoms with E-state index in [4.69, 9.17) is 21.7 Å². The average molecular weight is 317 g/mol. The van der Waals surface area contributed by atoms with Crippen LogP contribution in [0.2, 0.25) is 0 Å². The summed E-state index contributed by atoms with van der Waals surface area (Å²) < 4.78 is 15.1. The molecule has 7 heteroatoms. The molecule has 114 valence electrons. The Hall–Kier alpha value is -1.83. The maximum Gasteiger partial charge on any atom is 0.218 e. The summed E-state index contributed by atoms with van der Waals surface area (Å²) in [6.07, 6.45) is -0.532. The van der Waals surface area contributed by atoms with Gasteiger partial charge in [-0.05, 0) is 12.2 Å². The minimum Gasteiger partial charge on any atom is -0.343 e. The lowest BCUT2D eigenvalue weighted by atomic mass is 10.0. The van der Waals surface area contributed by atoms with E-state index in [1.807, 2.05) is 41.9 Å². The summed E-state index contributed by atoms with van der Waals surface area (Å²) in [5.41, 5.74) is 0.985.